The summed E-state index contributed by atoms with van der Waals surface area (Å²) in [4.78, 5) is 11.4. The summed E-state index contributed by atoms with van der Waals surface area (Å²) in [5.41, 5.74) is 0. The van der Waals surface area contributed by atoms with Gasteiger partial charge in [0.25, 0.3) is 0 Å². The fourth-order valence-electron chi connectivity index (χ4n) is 1.45. The zero-order chi connectivity index (χ0) is 11.0. The quantitative estimate of drug-likeness (QED) is 0.587. The number of carbonyl (C=O) groups excluding carboxylic acids is 1. The Morgan fingerprint density at radius 3 is 2.29 bits per heavy atom. The Hall–Kier alpha value is -0.530. The molecule has 0 heterocycles. The Kier molecular flexibility index (Phi) is 7.54. The smallest absolute Gasteiger partial charge is 0.306 e. The molecule has 0 saturated carbocycles. The van der Waals surface area contributed by atoms with E-state index in [4.69, 9.17) is 4.74 Å². The molecule has 0 radical (unpaired) electrons. The first kappa shape index (κ1) is 13.5. The Morgan fingerprint density at radius 2 is 1.86 bits per heavy atom. The van der Waals surface area contributed by atoms with Crippen molar-refractivity contribution in [2.45, 2.75) is 65.9 Å². The van der Waals surface area contributed by atoms with E-state index in [1.54, 1.807) is 0 Å². The van der Waals surface area contributed by atoms with E-state index >= 15 is 0 Å². The van der Waals surface area contributed by atoms with Crippen molar-refractivity contribution in [2.75, 3.05) is 0 Å². The van der Waals surface area contributed by atoms with Crippen LogP contribution in [0.1, 0.15) is 59.8 Å². The molecule has 14 heavy (non-hydrogen) atoms. The Morgan fingerprint density at radius 1 is 1.21 bits per heavy atom. The molecule has 0 aliphatic carbocycles. The van der Waals surface area contributed by atoms with E-state index in [0.717, 1.165) is 25.7 Å². The Labute approximate surface area is 88.0 Å². The minimum Gasteiger partial charge on any atom is -0.463 e. The highest BCUT2D eigenvalue weighted by Gasteiger charge is 2.14. The van der Waals surface area contributed by atoms with E-state index in [2.05, 4.69) is 13.8 Å². The maximum atomic E-state index is 11.4. The van der Waals surface area contributed by atoms with Crippen molar-refractivity contribution in [3.8, 4) is 0 Å². The van der Waals surface area contributed by atoms with Crippen molar-refractivity contribution >= 4 is 5.97 Å². The number of carbonyl (C=O) groups is 1. The summed E-state index contributed by atoms with van der Waals surface area (Å²) in [6.45, 7) is 8.26. The van der Waals surface area contributed by atoms with Gasteiger partial charge in [0.1, 0.15) is 0 Å². The van der Waals surface area contributed by atoms with Gasteiger partial charge in [0.2, 0.25) is 0 Å². The van der Waals surface area contributed by atoms with Gasteiger partial charge in [0.15, 0.2) is 0 Å². The van der Waals surface area contributed by atoms with Crippen molar-refractivity contribution in [1.29, 1.82) is 0 Å². The largest absolute Gasteiger partial charge is 0.463 e. The minimum atomic E-state index is -0.0281. The molecule has 0 aliphatic rings. The molecule has 84 valence electrons. The lowest BCUT2D eigenvalue weighted by atomic mass is 9.97. The molecule has 0 saturated heterocycles. The maximum absolute atomic E-state index is 11.4. The summed E-state index contributed by atoms with van der Waals surface area (Å²) in [7, 11) is 0. The molecule has 0 aromatic heterocycles. The van der Waals surface area contributed by atoms with Gasteiger partial charge in [0, 0.05) is 6.42 Å². The molecular formula is C12H24O2. The summed E-state index contributed by atoms with van der Waals surface area (Å²) in [6.07, 6.45) is 4.91. The molecule has 0 spiro atoms. The van der Waals surface area contributed by atoms with Gasteiger partial charge in [-0.2, -0.15) is 0 Å². The maximum Gasteiger partial charge on any atom is 0.306 e. The highest BCUT2D eigenvalue weighted by Crippen LogP contribution is 2.16. The first-order valence-corrected chi connectivity index (χ1v) is 5.83. The van der Waals surface area contributed by atoms with Crippen molar-refractivity contribution in [3.05, 3.63) is 0 Å². The topological polar surface area (TPSA) is 26.3 Å². The first-order chi connectivity index (χ1) is 6.63. The molecule has 2 unspecified atom stereocenters. The van der Waals surface area contributed by atoms with Crippen LogP contribution in [-0.2, 0) is 9.53 Å². The highest BCUT2D eigenvalue weighted by molar-refractivity contribution is 5.69. The molecule has 2 heteroatoms. The SMILES string of the molecule is CCCC(CC)CC(=O)OC(C)CC. The zero-order valence-corrected chi connectivity index (χ0v) is 10.0. The molecule has 0 fully saturated rings. The van der Waals surface area contributed by atoms with Crippen molar-refractivity contribution in [3.63, 3.8) is 0 Å². The molecule has 2 atom stereocenters. The number of esters is 1. The van der Waals surface area contributed by atoms with Gasteiger partial charge >= 0.3 is 5.97 Å². The monoisotopic (exact) mass is 200 g/mol. The average molecular weight is 200 g/mol. The summed E-state index contributed by atoms with van der Waals surface area (Å²) < 4.78 is 5.24. The predicted molar refractivity (Wildman–Crippen MR) is 59.2 cm³/mol. The lowest BCUT2D eigenvalue weighted by molar-refractivity contribution is -0.149. The van der Waals surface area contributed by atoms with Gasteiger partial charge in [-0.05, 0) is 19.3 Å². The van der Waals surface area contributed by atoms with Crippen molar-refractivity contribution in [2.24, 2.45) is 5.92 Å². The van der Waals surface area contributed by atoms with Gasteiger partial charge < -0.3 is 4.74 Å². The van der Waals surface area contributed by atoms with Crippen LogP contribution in [0.4, 0.5) is 0 Å². The number of hydrogen-bond acceptors (Lipinski definition) is 2. The molecular weight excluding hydrogens is 176 g/mol. The first-order valence-electron chi connectivity index (χ1n) is 5.83. The standard InChI is InChI=1S/C12H24O2/c1-5-8-11(7-3)9-12(13)14-10(4)6-2/h10-11H,5-9H2,1-4H3. The summed E-state index contributed by atoms with van der Waals surface area (Å²) in [5.74, 6) is 0.483. The molecule has 0 N–H and O–H groups in total. The molecule has 0 aliphatic heterocycles. The highest BCUT2D eigenvalue weighted by atomic mass is 16.5. The lowest BCUT2D eigenvalue weighted by Crippen LogP contribution is -2.17. The van der Waals surface area contributed by atoms with Gasteiger partial charge in [-0.15, -0.1) is 0 Å². The molecule has 0 bridgehead atoms. The van der Waals surface area contributed by atoms with E-state index in [-0.39, 0.29) is 12.1 Å². The second-order valence-electron chi connectivity index (χ2n) is 3.98. The van der Waals surface area contributed by atoms with Crippen LogP contribution in [0.15, 0.2) is 0 Å². The Balaban J connectivity index is 3.78. The van der Waals surface area contributed by atoms with Crippen LogP contribution in [0.3, 0.4) is 0 Å². The molecule has 0 aromatic carbocycles. The van der Waals surface area contributed by atoms with E-state index < -0.39 is 0 Å². The van der Waals surface area contributed by atoms with Crippen LogP contribution >= 0.6 is 0 Å². The van der Waals surface area contributed by atoms with Gasteiger partial charge in [-0.3, -0.25) is 4.79 Å². The van der Waals surface area contributed by atoms with Crippen LogP contribution < -0.4 is 0 Å². The van der Waals surface area contributed by atoms with E-state index in [1.165, 1.54) is 0 Å². The van der Waals surface area contributed by atoms with E-state index in [1.807, 2.05) is 13.8 Å². The summed E-state index contributed by atoms with van der Waals surface area (Å²) in [6, 6.07) is 0. The van der Waals surface area contributed by atoms with E-state index in [0.29, 0.717) is 12.3 Å². The average Bonchev–Trinajstić information content (AvgIpc) is 2.16. The van der Waals surface area contributed by atoms with Gasteiger partial charge in [0.05, 0.1) is 6.10 Å². The molecule has 0 rings (SSSR count). The number of hydrogen-bond donors (Lipinski definition) is 0. The molecule has 0 aromatic rings. The molecule has 2 nitrogen and oxygen atoms in total. The minimum absolute atomic E-state index is 0.0281. The zero-order valence-electron chi connectivity index (χ0n) is 10.0. The third kappa shape index (κ3) is 6.01. The lowest BCUT2D eigenvalue weighted by Gasteiger charge is -2.15. The van der Waals surface area contributed by atoms with Gasteiger partial charge in [-0.25, -0.2) is 0 Å². The third-order valence-corrected chi connectivity index (χ3v) is 2.64. The number of rotatable bonds is 7. The number of ether oxygens (including phenoxy) is 1. The predicted octanol–water partition coefficient (Wildman–Crippen LogP) is 3.54. The summed E-state index contributed by atoms with van der Waals surface area (Å²) >= 11 is 0. The van der Waals surface area contributed by atoms with Crippen LogP contribution in [0.5, 0.6) is 0 Å². The van der Waals surface area contributed by atoms with Crippen LogP contribution in [0.25, 0.3) is 0 Å². The van der Waals surface area contributed by atoms with Crippen molar-refractivity contribution in [1.82, 2.24) is 0 Å². The third-order valence-electron chi connectivity index (χ3n) is 2.64. The fraction of sp³-hybridized carbons (Fsp3) is 0.917. The summed E-state index contributed by atoms with van der Waals surface area (Å²) in [5, 5.41) is 0. The molecule has 0 amide bonds. The van der Waals surface area contributed by atoms with Gasteiger partial charge in [-0.1, -0.05) is 40.0 Å². The Bertz CT molecular complexity index is 154. The van der Waals surface area contributed by atoms with Crippen LogP contribution in [0.2, 0.25) is 0 Å². The van der Waals surface area contributed by atoms with Crippen LogP contribution in [0, 0.1) is 5.92 Å². The van der Waals surface area contributed by atoms with E-state index in [9.17, 15) is 4.79 Å². The normalized spacial score (nSPS) is 14.9. The second kappa shape index (κ2) is 7.84. The fourth-order valence-corrected chi connectivity index (χ4v) is 1.45. The van der Waals surface area contributed by atoms with Crippen LogP contribution in [-0.4, -0.2) is 12.1 Å². The van der Waals surface area contributed by atoms with Crippen molar-refractivity contribution < 1.29 is 9.53 Å². The second-order valence-corrected chi connectivity index (χ2v) is 3.98.